The standard InChI is InChI=1S/C18H22N4O3/c19-17(24)14-6-7-15(21-14)18(25)20-13-8-9-22(10-13)11-16(23)12-4-2-1-3-5-12/h1-7,13,16,21,23H,8-11H2,(H2,19,24)(H,20,25)/t13?,16-/m1/s1. The van der Waals surface area contributed by atoms with Crippen LogP contribution in [0.1, 0.15) is 39.1 Å². The number of carbonyl (C=O) groups is 2. The third kappa shape index (κ3) is 4.26. The molecule has 1 unspecified atom stereocenters. The van der Waals surface area contributed by atoms with E-state index in [-0.39, 0.29) is 17.6 Å². The highest BCUT2D eigenvalue weighted by Crippen LogP contribution is 2.17. The molecule has 1 aliphatic rings. The number of primary amides is 1. The van der Waals surface area contributed by atoms with Crippen LogP contribution in [-0.2, 0) is 0 Å². The zero-order chi connectivity index (χ0) is 17.8. The SMILES string of the molecule is NC(=O)c1ccc(C(=O)NC2CCN(C[C@@H](O)c3ccccc3)C2)[nH]1. The van der Waals surface area contributed by atoms with Crippen molar-refractivity contribution in [3.63, 3.8) is 0 Å². The molecule has 5 N–H and O–H groups in total. The van der Waals surface area contributed by atoms with Crippen LogP contribution in [0.2, 0.25) is 0 Å². The summed E-state index contributed by atoms with van der Waals surface area (Å²) in [5.74, 6) is -0.857. The van der Waals surface area contributed by atoms with Gasteiger partial charge in [-0.15, -0.1) is 0 Å². The maximum Gasteiger partial charge on any atom is 0.267 e. The largest absolute Gasteiger partial charge is 0.387 e. The highest BCUT2D eigenvalue weighted by molar-refractivity contribution is 5.96. The fourth-order valence-electron chi connectivity index (χ4n) is 3.08. The minimum atomic E-state index is -0.596. The number of aromatic amines is 1. The molecule has 1 aliphatic heterocycles. The first-order chi connectivity index (χ1) is 12.0. The van der Waals surface area contributed by atoms with Crippen molar-refractivity contribution in [1.29, 1.82) is 0 Å². The lowest BCUT2D eigenvalue weighted by Crippen LogP contribution is -2.38. The third-order valence-corrected chi connectivity index (χ3v) is 4.42. The second-order valence-electron chi connectivity index (χ2n) is 6.30. The molecule has 7 nitrogen and oxygen atoms in total. The van der Waals surface area contributed by atoms with Gasteiger partial charge in [0.25, 0.3) is 11.8 Å². The Labute approximate surface area is 145 Å². The van der Waals surface area contributed by atoms with E-state index in [1.165, 1.54) is 6.07 Å². The quantitative estimate of drug-likeness (QED) is 0.617. The van der Waals surface area contributed by atoms with Crippen LogP contribution in [-0.4, -0.2) is 52.5 Å². The van der Waals surface area contributed by atoms with Crippen LogP contribution in [0.25, 0.3) is 0 Å². The van der Waals surface area contributed by atoms with Gasteiger partial charge < -0.3 is 21.1 Å². The van der Waals surface area contributed by atoms with Gasteiger partial charge in [-0.1, -0.05) is 30.3 Å². The number of rotatable bonds is 6. The van der Waals surface area contributed by atoms with Gasteiger partial charge in [0.15, 0.2) is 0 Å². The van der Waals surface area contributed by atoms with Gasteiger partial charge in [0.05, 0.1) is 6.10 Å². The molecule has 3 rings (SSSR count). The van der Waals surface area contributed by atoms with Crippen molar-refractivity contribution < 1.29 is 14.7 Å². The number of aliphatic hydroxyl groups is 1. The van der Waals surface area contributed by atoms with E-state index in [0.29, 0.717) is 18.8 Å². The van der Waals surface area contributed by atoms with Crippen LogP contribution in [0, 0.1) is 0 Å². The number of β-amino-alcohol motifs (C(OH)–C–C–N with tert-alkyl or cyclic N) is 1. The molecule has 1 aromatic heterocycles. The third-order valence-electron chi connectivity index (χ3n) is 4.42. The lowest BCUT2D eigenvalue weighted by molar-refractivity contribution is 0.0929. The Kier molecular flexibility index (Phi) is 5.16. The minimum absolute atomic E-state index is 0.0100. The molecule has 1 aromatic carbocycles. The summed E-state index contributed by atoms with van der Waals surface area (Å²) in [7, 11) is 0. The molecule has 2 amide bonds. The van der Waals surface area contributed by atoms with E-state index in [9.17, 15) is 14.7 Å². The Morgan fingerprint density at radius 3 is 2.64 bits per heavy atom. The molecule has 2 atom stereocenters. The molecule has 0 radical (unpaired) electrons. The van der Waals surface area contributed by atoms with E-state index in [2.05, 4.69) is 15.2 Å². The smallest absolute Gasteiger partial charge is 0.267 e. The van der Waals surface area contributed by atoms with Crippen molar-refractivity contribution >= 4 is 11.8 Å². The van der Waals surface area contributed by atoms with E-state index in [0.717, 1.165) is 18.5 Å². The minimum Gasteiger partial charge on any atom is -0.387 e. The van der Waals surface area contributed by atoms with Gasteiger partial charge in [0.1, 0.15) is 11.4 Å². The lowest BCUT2D eigenvalue weighted by atomic mass is 10.1. The molecule has 7 heteroatoms. The first kappa shape index (κ1) is 17.2. The van der Waals surface area contributed by atoms with E-state index in [1.807, 2.05) is 30.3 Å². The molecule has 25 heavy (non-hydrogen) atoms. The predicted molar refractivity (Wildman–Crippen MR) is 93.0 cm³/mol. The van der Waals surface area contributed by atoms with Gasteiger partial charge in [0.2, 0.25) is 0 Å². The van der Waals surface area contributed by atoms with Gasteiger partial charge in [-0.3, -0.25) is 14.5 Å². The molecule has 0 aliphatic carbocycles. The normalized spacial score (nSPS) is 18.8. The van der Waals surface area contributed by atoms with Crippen molar-refractivity contribution in [2.45, 2.75) is 18.6 Å². The van der Waals surface area contributed by atoms with Gasteiger partial charge in [-0.2, -0.15) is 0 Å². The van der Waals surface area contributed by atoms with Crippen LogP contribution >= 0.6 is 0 Å². The highest BCUT2D eigenvalue weighted by Gasteiger charge is 2.26. The number of H-pyrrole nitrogens is 1. The predicted octanol–water partition coefficient (Wildman–Crippen LogP) is 0.651. The number of hydrogen-bond donors (Lipinski definition) is 4. The van der Waals surface area contributed by atoms with Crippen LogP contribution in [0.3, 0.4) is 0 Å². The van der Waals surface area contributed by atoms with Gasteiger partial charge in [-0.05, 0) is 24.1 Å². The molecule has 2 aromatic rings. The van der Waals surface area contributed by atoms with Crippen LogP contribution in [0.5, 0.6) is 0 Å². The first-order valence-electron chi connectivity index (χ1n) is 8.28. The monoisotopic (exact) mass is 342 g/mol. The summed E-state index contributed by atoms with van der Waals surface area (Å²) in [6, 6.07) is 12.6. The molecular formula is C18H22N4O3. The van der Waals surface area contributed by atoms with Crippen LogP contribution < -0.4 is 11.1 Å². The van der Waals surface area contributed by atoms with E-state index in [4.69, 9.17) is 5.73 Å². The number of aromatic nitrogens is 1. The Hall–Kier alpha value is -2.64. The summed E-state index contributed by atoms with van der Waals surface area (Å²) >= 11 is 0. The number of aliphatic hydroxyl groups excluding tert-OH is 1. The van der Waals surface area contributed by atoms with Crippen LogP contribution in [0.4, 0.5) is 0 Å². The number of hydrogen-bond acceptors (Lipinski definition) is 4. The number of nitrogens with zero attached hydrogens (tertiary/aromatic N) is 1. The van der Waals surface area contributed by atoms with Gasteiger partial charge >= 0.3 is 0 Å². The summed E-state index contributed by atoms with van der Waals surface area (Å²) < 4.78 is 0. The maximum absolute atomic E-state index is 12.2. The van der Waals surface area contributed by atoms with E-state index in [1.54, 1.807) is 6.07 Å². The molecule has 0 bridgehead atoms. The number of nitrogens with one attached hydrogen (secondary N) is 2. The molecule has 1 saturated heterocycles. The van der Waals surface area contributed by atoms with Crippen molar-refractivity contribution in [2.24, 2.45) is 5.73 Å². The van der Waals surface area contributed by atoms with Crippen molar-refractivity contribution in [3.8, 4) is 0 Å². The Balaban J connectivity index is 1.50. The summed E-state index contributed by atoms with van der Waals surface area (Å²) in [6.07, 6.45) is 0.272. The Morgan fingerprint density at radius 2 is 1.96 bits per heavy atom. The summed E-state index contributed by atoms with van der Waals surface area (Å²) in [5, 5.41) is 13.2. The molecule has 1 fully saturated rings. The fraction of sp³-hybridized carbons (Fsp3) is 0.333. The first-order valence-corrected chi connectivity index (χ1v) is 8.28. The zero-order valence-electron chi connectivity index (χ0n) is 13.8. The van der Waals surface area contributed by atoms with E-state index >= 15 is 0 Å². The fourth-order valence-corrected chi connectivity index (χ4v) is 3.08. The summed E-state index contributed by atoms with van der Waals surface area (Å²) in [6.45, 7) is 2.02. The molecule has 132 valence electrons. The highest BCUT2D eigenvalue weighted by atomic mass is 16.3. The summed E-state index contributed by atoms with van der Waals surface area (Å²) in [5.41, 5.74) is 6.59. The maximum atomic E-state index is 12.2. The van der Waals surface area contributed by atoms with Crippen molar-refractivity contribution in [1.82, 2.24) is 15.2 Å². The topological polar surface area (TPSA) is 111 Å². The number of likely N-dealkylation sites (tertiary alicyclic amines) is 1. The van der Waals surface area contributed by atoms with Crippen LogP contribution in [0.15, 0.2) is 42.5 Å². The van der Waals surface area contributed by atoms with Gasteiger partial charge in [-0.25, -0.2) is 0 Å². The average Bonchev–Trinajstić information content (AvgIpc) is 3.25. The average molecular weight is 342 g/mol. The molecule has 0 saturated carbocycles. The number of amides is 2. The van der Waals surface area contributed by atoms with Crippen molar-refractivity contribution in [2.75, 3.05) is 19.6 Å². The number of benzene rings is 1. The Bertz CT molecular complexity index is 744. The summed E-state index contributed by atoms with van der Waals surface area (Å²) in [4.78, 5) is 28.1. The van der Waals surface area contributed by atoms with Gasteiger partial charge in [0, 0.05) is 25.7 Å². The lowest BCUT2D eigenvalue weighted by Gasteiger charge is -2.20. The molecule has 2 heterocycles. The van der Waals surface area contributed by atoms with E-state index < -0.39 is 12.0 Å². The molecular weight excluding hydrogens is 320 g/mol. The number of carbonyl (C=O) groups excluding carboxylic acids is 2. The second kappa shape index (κ2) is 7.50. The zero-order valence-corrected chi connectivity index (χ0v) is 13.8. The molecule has 0 spiro atoms. The second-order valence-corrected chi connectivity index (χ2v) is 6.30. The Morgan fingerprint density at radius 1 is 1.24 bits per heavy atom. The van der Waals surface area contributed by atoms with Crippen molar-refractivity contribution in [3.05, 3.63) is 59.4 Å². The number of nitrogens with two attached hydrogens (primary N) is 1.